The number of hydrogen-bond donors (Lipinski definition) is 0. The summed E-state index contributed by atoms with van der Waals surface area (Å²) in [5.41, 5.74) is 1.04. The molecule has 2 aliphatic heterocycles. The third kappa shape index (κ3) is 4.54. The summed E-state index contributed by atoms with van der Waals surface area (Å²) in [7, 11) is 0. The van der Waals surface area contributed by atoms with E-state index in [4.69, 9.17) is 4.74 Å². The third-order valence-electron chi connectivity index (χ3n) is 5.48. The van der Waals surface area contributed by atoms with Gasteiger partial charge in [0, 0.05) is 50.7 Å². The van der Waals surface area contributed by atoms with Gasteiger partial charge in [-0.15, -0.1) is 0 Å². The predicted octanol–water partition coefficient (Wildman–Crippen LogP) is 1.36. The van der Waals surface area contributed by atoms with Gasteiger partial charge in [-0.25, -0.2) is 4.98 Å². The van der Waals surface area contributed by atoms with Gasteiger partial charge >= 0.3 is 0 Å². The van der Waals surface area contributed by atoms with E-state index < -0.39 is 0 Å². The highest BCUT2D eigenvalue weighted by atomic mass is 16.5. The molecule has 7 heteroatoms. The molecule has 0 atom stereocenters. The molecular formula is C20H27N5O2. The molecule has 4 rings (SSSR count). The van der Waals surface area contributed by atoms with Crippen LogP contribution in [0.2, 0.25) is 0 Å². The molecule has 144 valence electrons. The summed E-state index contributed by atoms with van der Waals surface area (Å²) in [5, 5.41) is 0. The normalized spacial score (nSPS) is 19.3. The highest BCUT2D eigenvalue weighted by molar-refractivity contribution is 5.78. The molecule has 0 unspecified atom stereocenters. The molecule has 2 aromatic heterocycles. The van der Waals surface area contributed by atoms with Crippen LogP contribution in [0.5, 0.6) is 0 Å². The first-order chi connectivity index (χ1) is 13.3. The molecule has 0 spiro atoms. The molecule has 0 bridgehead atoms. The van der Waals surface area contributed by atoms with E-state index >= 15 is 0 Å². The van der Waals surface area contributed by atoms with Crippen molar-refractivity contribution in [2.75, 3.05) is 45.9 Å². The van der Waals surface area contributed by atoms with Crippen LogP contribution >= 0.6 is 0 Å². The lowest BCUT2D eigenvalue weighted by molar-refractivity contribution is -0.134. The number of rotatable bonds is 5. The Hall–Kier alpha value is -2.25. The highest BCUT2D eigenvalue weighted by Gasteiger charge is 2.27. The van der Waals surface area contributed by atoms with Crippen LogP contribution in [0.3, 0.4) is 0 Å². The molecule has 2 fully saturated rings. The molecular weight excluding hydrogens is 342 g/mol. The average Bonchev–Trinajstić information content (AvgIpc) is 3.18. The van der Waals surface area contributed by atoms with Crippen LogP contribution in [0.4, 0.5) is 0 Å². The largest absolute Gasteiger partial charge is 0.379 e. The first kappa shape index (κ1) is 18.1. The number of imidazole rings is 1. The van der Waals surface area contributed by atoms with Gasteiger partial charge in [-0.3, -0.25) is 14.7 Å². The lowest BCUT2D eigenvalue weighted by Crippen LogP contribution is -2.47. The second-order valence-corrected chi connectivity index (χ2v) is 7.28. The van der Waals surface area contributed by atoms with Crippen molar-refractivity contribution >= 4 is 5.91 Å². The van der Waals surface area contributed by atoms with Gasteiger partial charge in [0.15, 0.2) is 0 Å². The number of aromatic nitrogens is 3. The molecule has 2 saturated heterocycles. The van der Waals surface area contributed by atoms with Crippen LogP contribution in [-0.4, -0.2) is 76.2 Å². The van der Waals surface area contributed by atoms with Crippen molar-refractivity contribution < 1.29 is 9.53 Å². The Kier molecular flexibility index (Phi) is 5.79. The molecule has 27 heavy (non-hydrogen) atoms. The fourth-order valence-corrected chi connectivity index (χ4v) is 3.92. The van der Waals surface area contributed by atoms with Crippen LogP contribution in [0, 0.1) is 0 Å². The zero-order chi connectivity index (χ0) is 18.5. The summed E-state index contributed by atoms with van der Waals surface area (Å²) in [6.07, 6.45) is 7.65. The van der Waals surface area contributed by atoms with E-state index in [0.717, 1.165) is 70.3 Å². The maximum atomic E-state index is 12.6. The predicted molar refractivity (Wildman–Crippen MR) is 101 cm³/mol. The van der Waals surface area contributed by atoms with Gasteiger partial charge in [0.1, 0.15) is 5.82 Å². The van der Waals surface area contributed by atoms with Crippen LogP contribution in [0.15, 0.2) is 36.8 Å². The first-order valence-corrected chi connectivity index (χ1v) is 9.78. The molecule has 4 heterocycles. The lowest BCUT2D eigenvalue weighted by atomic mass is 9.95. The van der Waals surface area contributed by atoms with E-state index in [-0.39, 0.29) is 5.91 Å². The summed E-state index contributed by atoms with van der Waals surface area (Å²) in [4.78, 5) is 25.8. The molecule has 0 radical (unpaired) electrons. The number of hydrogen-bond acceptors (Lipinski definition) is 5. The van der Waals surface area contributed by atoms with Gasteiger partial charge < -0.3 is 14.2 Å². The van der Waals surface area contributed by atoms with Gasteiger partial charge in [0.05, 0.1) is 32.0 Å². The second kappa shape index (κ2) is 8.63. The standard InChI is InChI=1S/C20H27N5O2/c26-19(16-23-11-13-27-14-12-23)24-8-4-17(5-9-24)20-22-7-10-25(20)15-18-3-1-2-6-21-18/h1-3,6-7,10,17H,4-5,8-9,11-16H2. The monoisotopic (exact) mass is 369 g/mol. The van der Waals surface area contributed by atoms with Crippen LogP contribution in [0.1, 0.15) is 30.3 Å². The zero-order valence-corrected chi connectivity index (χ0v) is 15.7. The molecule has 0 aliphatic carbocycles. The minimum absolute atomic E-state index is 0.243. The summed E-state index contributed by atoms with van der Waals surface area (Å²) in [6.45, 7) is 6.05. The van der Waals surface area contributed by atoms with Crippen LogP contribution < -0.4 is 0 Å². The average molecular weight is 369 g/mol. The van der Waals surface area contributed by atoms with E-state index in [9.17, 15) is 4.79 Å². The zero-order valence-electron chi connectivity index (χ0n) is 15.7. The number of carbonyl (C=O) groups is 1. The quantitative estimate of drug-likeness (QED) is 0.796. The number of ether oxygens (including phenoxy) is 1. The topological polar surface area (TPSA) is 63.5 Å². The van der Waals surface area contributed by atoms with Crippen molar-refractivity contribution in [3.8, 4) is 0 Å². The molecule has 0 saturated carbocycles. The minimum Gasteiger partial charge on any atom is -0.379 e. The second-order valence-electron chi connectivity index (χ2n) is 7.28. The SMILES string of the molecule is O=C(CN1CCOCC1)N1CCC(c2nccn2Cc2ccccn2)CC1. The van der Waals surface area contributed by atoms with E-state index in [1.807, 2.05) is 41.7 Å². The summed E-state index contributed by atoms with van der Waals surface area (Å²) in [6, 6.07) is 5.98. The Bertz CT molecular complexity index is 734. The fraction of sp³-hybridized carbons (Fsp3) is 0.550. The molecule has 2 aromatic rings. The van der Waals surface area contributed by atoms with Gasteiger partial charge in [0.2, 0.25) is 5.91 Å². The number of amides is 1. The Morgan fingerprint density at radius 3 is 2.63 bits per heavy atom. The van der Waals surface area contributed by atoms with Gasteiger partial charge in [-0.05, 0) is 25.0 Å². The number of carbonyl (C=O) groups excluding carboxylic acids is 1. The number of pyridine rings is 1. The van der Waals surface area contributed by atoms with Crippen molar-refractivity contribution in [2.24, 2.45) is 0 Å². The third-order valence-corrected chi connectivity index (χ3v) is 5.48. The molecule has 7 nitrogen and oxygen atoms in total. The summed E-state index contributed by atoms with van der Waals surface area (Å²) in [5.74, 6) is 1.75. The Morgan fingerprint density at radius 2 is 1.89 bits per heavy atom. The van der Waals surface area contributed by atoms with Crippen molar-refractivity contribution in [1.29, 1.82) is 0 Å². The fourth-order valence-electron chi connectivity index (χ4n) is 3.92. The number of nitrogens with zero attached hydrogens (tertiary/aromatic N) is 5. The van der Waals surface area contributed by atoms with Crippen molar-refractivity contribution in [3.05, 3.63) is 48.3 Å². The van der Waals surface area contributed by atoms with Gasteiger partial charge in [0.25, 0.3) is 0 Å². The maximum Gasteiger partial charge on any atom is 0.236 e. The van der Waals surface area contributed by atoms with E-state index in [0.29, 0.717) is 12.5 Å². The number of piperidine rings is 1. The number of likely N-dealkylation sites (tertiary alicyclic amines) is 1. The Labute approximate surface area is 160 Å². The summed E-state index contributed by atoms with van der Waals surface area (Å²) < 4.78 is 7.55. The van der Waals surface area contributed by atoms with Crippen molar-refractivity contribution in [3.63, 3.8) is 0 Å². The van der Waals surface area contributed by atoms with Gasteiger partial charge in [-0.1, -0.05) is 6.07 Å². The summed E-state index contributed by atoms with van der Waals surface area (Å²) >= 11 is 0. The lowest BCUT2D eigenvalue weighted by Gasteiger charge is -2.34. The van der Waals surface area contributed by atoms with Crippen molar-refractivity contribution in [1.82, 2.24) is 24.3 Å². The Balaban J connectivity index is 1.32. The van der Waals surface area contributed by atoms with E-state index in [2.05, 4.69) is 19.4 Å². The van der Waals surface area contributed by atoms with Crippen molar-refractivity contribution in [2.45, 2.75) is 25.3 Å². The molecule has 2 aliphatic rings. The molecule has 0 aromatic carbocycles. The Morgan fingerprint density at radius 1 is 1.07 bits per heavy atom. The van der Waals surface area contributed by atoms with E-state index in [1.165, 1.54) is 0 Å². The molecule has 0 N–H and O–H groups in total. The first-order valence-electron chi connectivity index (χ1n) is 9.78. The molecule has 1 amide bonds. The number of morpholine rings is 1. The highest BCUT2D eigenvalue weighted by Crippen LogP contribution is 2.27. The van der Waals surface area contributed by atoms with Gasteiger partial charge in [-0.2, -0.15) is 0 Å². The van der Waals surface area contributed by atoms with Crippen LogP contribution in [-0.2, 0) is 16.1 Å². The van der Waals surface area contributed by atoms with E-state index in [1.54, 1.807) is 0 Å². The van der Waals surface area contributed by atoms with Crippen LogP contribution in [0.25, 0.3) is 0 Å². The maximum absolute atomic E-state index is 12.6. The smallest absolute Gasteiger partial charge is 0.236 e. The minimum atomic E-state index is 0.243.